The van der Waals surface area contributed by atoms with Crippen LogP contribution in [0, 0.1) is 106 Å². The van der Waals surface area contributed by atoms with Gasteiger partial charge in [0.2, 0.25) is 5.92 Å². The van der Waals surface area contributed by atoms with E-state index in [1.54, 1.807) is 21.3 Å². The number of hydrogen-bond acceptors (Lipinski definition) is 13. The van der Waals surface area contributed by atoms with Crippen LogP contribution >= 0.6 is 0 Å². The van der Waals surface area contributed by atoms with Gasteiger partial charge in [-0.3, -0.25) is 9.80 Å². The fourth-order valence-corrected chi connectivity index (χ4v) is 18.9. The van der Waals surface area contributed by atoms with Crippen LogP contribution in [-0.2, 0) is 33.2 Å². The van der Waals surface area contributed by atoms with Gasteiger partial charge in [-0.1, -0.05) is 330 Å². The van der Waals surface area contributed by atoms with Gasteiger partial charge in [0.1, 0.15) is 0 Å². The average molecular weight is 2040 g/mol. The first kappa shape index (κ1) is 154. The SMILES string of the molecule is CC(C)(C)C1CC(O)C1.CC(C)(C)C1CCOC1.CC(C)(C)CC(C)(F)F.CC(C)(C)CC1CCCC1.CC(C)(C)CC1CCCCO1.CC(C)(C)CC1CCCO1.CC(C)(C)CC1CCCOC1.CC(C)CC(C)(C)C.CC(C)CC(C)(C)C.CC(C)N(C)C(C)(C)C.CC(CC(C)(C)C)N1CCCC1.CCCN(CCO)CCC(C)(C)C.COCCC(C)(C)C.COCCN(CCOC)CCC(C)(C)C. The van der Waals surface area contributed by atoms with Crippen LogP contribution in [0.1, 0.15) is 533 Å². The number of rotatable bonds is 26. The maximum Gasteiger partial charge on any atom is 0.245 e. The number of hydrogen-bond donors (Lipinski definition) is 2. The maximum absolute atomic E-state index is 12.2. The lowest BCUT2D eigenvalue weighted by Crippen LogP contribution is -2.42. The van der Waals surface area contributed by atoms with Crippen molar-refractivity contribution < 1.29 is 52.2 Å². The first-order valence-corrected chi connectivity index (χ1v) is 58.3. The maximum atomic E-state index is 12.2. The molecule has 2 saturated carbocycles. The van der Waals surface area contributed by atoms with Gasteiger partial charge in [-0.05, 0) is 342 Å². The zero-order chi connectivity index (χ0) is 113. The minimum Gasteiger partial charge on any atom is -0.395 e. The zero-order valence-electron chi connectivity index (χ0n) is 108. The standard InChI is InChI=1S/C12H27NO2.C11H25NO.C11H23N.2C10H20O.C10H20.C9H18O.C8H19N.2C8H16O.2C8H18.C7H14F2.C7H16O/c1-12(2,3)6-7-13(8-10-14-4)9-11-15-5;1-5-7-12(9-10-13)8-6-11(2,3)4;1-10(9-11(2,3)4)12-7-5-6-8-12;1-10(2,3)7-9-5-4-6-11-8-9;1-10(2,3)8-9-6-4-5-7-11-9;1-10(2,3)8-9-6-4-5-7-9;1-9(2,3)7-8-5-4-6-10-8;1-7(2)9(6)8(3,4)5;1-8(2,3)6-4-7(9)5-6;1-8(2,3)7-4-5-9-6-7;2*1-7(2)6-8(3,4)5;1-6(2,3)5-7(4,8)9;1-7(2,3)5-6-8-4/h6-11H2,1-5H3;13H,5-10H2,1-4H3;10H,5-9H2,1-4H3;2*9H,4-8H2,1-3H3;9H,4-8H2,1-3H3;8H,4-7H2,1-3H3;7H,1-6H3;6-7,9H,4-5H2,1-3H3;7H,4-6H2,1-3H3;2*7H,6H2,1-5H3;5H2,1-4H3;5-6H2,1-4H3. The van der Waals surface area contributed by atoms with Crippen molar-refractivity contribution in [1.82, 2.24) is 19.6 Å². The summed E-state index contributed by atoms with van der Waals surface area (Å²) in [4.78, 5) is 9.72. The van der Waals surface area contributed by atoms with Gasteiger partial charge in [-0.2, -0.15) is 0 Å². The average Bonchev–Trinajstić information content (AvgIpc) is 1.24. The molecule has 7 aliphatic rings. The van der Waals surface area contributed by atoms with Crippen LogP contribution in [-0.4, -0.2) is 218 Å². The van der Waals surface area contributed by atoms with E-state index in [0.29, 0.717) is 88.8 Å². The Morgan fingerprint density at radius 1 is 0.359 bits per heavy atom. The van der Waals surface area contributed by atoms with Gasteiger partial charge in [-0.25, -0.2) is 8.78 Å². The van der Waals surface area contributed by atoms with Gasteiger partial charge in [0.05, 0.1) is 38.1 Å². The molecule has 7 fully saturated rings. The molecule has 5 heterocycles. The fraction of sp³-hybridized carbons (Fsp3) is 1.00. The summed E-state index contributed by atoms with van der Waals surface area (Å²) in [5.74, 6) is 2.59. The summed E-state index contributed by atoms with van der Waals surface area (Å²) < 4.78 is 61.5. The van der Waals surface area contributed by atoms with Crippen LogP contribution in [0.4, 0.5) is 8.78 Å². The minimum atomic E-state index is -2.52. The smallest absolute Gasteiger partial charge is 0.245 e. The Hall–Kier alpha value is -0.660. The molecule has 0 bridgehead atoms. The van der Waals surface area contributed by atoms with Crippen LogP contribution < -0.4 is 0 Å². The Morgan fingerprint density at radius 3 is 0.951 bits per heavy atom. The molecule has 0 radical (unpaired) electrons. The van der Waals surface area contributed by atoms with Gasteiger partial charge in [-0.15, -0.1) is 0 Å². The molecule has 5 atom stereocenters. The quantitative estimate of drug-likeness (QED) is 0.0856. The molecule has 0 aromatic rings. The highest BCUT2D eigenvalue weighted by molar-refractivity contribution is 4.87. The summed E-state index contributed by atoms with van der Waals surface area (Å²) >= 11 is 0. The summed E-state index contributed by atoms with van der Waals surface area (Å²) in [6, 6.07) is 1.43. The fourth-order valence-electron chi connectivity index (χ4n) is 18.9. The molecule has 7 rings (SSSR count). The Bertz CT molecular complexity index is 2620. The molecule has 5 aliphatic heterocycles. The van der Waals surface area contributed by atoms with Gasteiger partial charge in [0.25, 0.3) is 0 Å². The van der Waals surface area contributed by atoms with Gasteiger partial charge in [0, 0.05) is 111 Å². The predicted molar refractivity (Wildman–Crippen MR) is 629 cm³/mol. The molecule has 2 aliphatic carbocycles. The second-order valence-electron chi connectivity index (χ2n) is 61.7. The lowest BCUT2D eigenvalue weighted by molar-refractivity contribution is -0.0169. The predicted octanol–water partition coefficient (Wildman–Crippen LogP) is 36.4. The van der Waals surface area contributed by atoms with Crippen molar-refractivity contribution in [2.45, 2.75) is 575 Å². The molecule has 0 aromatic heterocycles. The lowest BCUT2D eigenvalue weighted by Gasteiger charge is -2.41. The lowest BCUT2D eigenvalue weighted by atomic mass is 9.67. The van der Waals surface area contributed by atoms with Crippen LogP contribution in [0.5, 0.6) is 0 Å². The van der Waals surface area contributed by atoms with Crippen LogP contribution in [0.2, 0.25) is 0 Å². The van der Waals surface area contributed by atoms with Gasteiger partial charge < -0.3 is 53.2 Å². The number of aliphatic hydroxyl groups excluding tert-OH is 2. The summed E-state index contributed by atoms with van der Waals surface area (Å²) in [5.41, 5.74) is 5.60. The second kappa shape index (κ2) is 77.6. The summed E-state index contributed by atoms with van der Waals surface area (Å²) in [6.45, 7) is 131. The molecule has 0 spiro atoms. The van der Waals surface area contributed by atoms with Crippen molar-refractivity contribution in [1.29, 1.82) is 0 Å². The molecule has 2 N–H and O–H groups in total. The number of alkyl halides is 2. The molecule has 0 aromatic carbocycles. The molecule has 0 amide bonds. The first-order valence-electron chi connectivity index (χ1n) is 58.3. The van der Waals surface area contributed by atoms with E-state index in [9.17, 15) is 8.78 Å². The molecular weight excluding hydrogens is 1760 g/mol. The van der Waals surface area contributed by atoms with E-state index >= 15 is 0 Å². The van der Waals surface area contributed by atoms with E-state index in [1.807, 2.05) is 20.8 Å². The van der Waals surface area contributed by atoms with Crippen molar-refractivity contribution in [2.75, 3.05) is 147 Å². The van der Waals surface area contributed by atoms with Gasteiger partial charge in [0.15, 0.2) is 0 Å². The van der Waals surface area contributed by atoms with E-state index in [1.165, 1.54) is 167 Å². The van der Waals surface area contributed by atoms with Crippen LogP contribution in [0.15, 0.2) is 0 Å². The second-order valence-corrected chi connectivity index (χ2v) is 61.7. The topological polar surface area (TPSA) is 118 Å². The van der Waals surface area contributed by atoms with E-state index in [4.69, 9.17) is 43.4 Å². The summed E-state index contributed by atoms with van der Waals surface area (Å²) in [7, 11) is 7.40. The summed E-state index contributed by atoms with van der Waals surface area (Å²) in [5, 5.41) is 17.8. The van der Waals surface area contributed by atoms with E-state index in [2.05, 4.69) is 352 Å². The van der Waals surface area contributed by atoms with Crippen molar-refractivity contribution >= 4 is 0 Å². The third kappa shape index (κ3) is 120. The molecule has 15 heteroatoms. The normalized spacial score (nSPS) is 20.0. The first-order chi connectivity index (χ1) is 63.8. The molecule has 866 valence electrons. The van der Waals surface area contributed by atoms with Crippen LogP contribution in [0.3, 0.4) is 0 Å². The van der Waals surface area contributed by atoms with Crippen molar-refractivity contribution in [3.05, 3.63) is 0 Å². The van der Waals surface area contributed by atoms with Crippen LogP contribution in [0.25, 0.3) is 0 Å². The molecule has 142 heavy (non-hydrogen) atoms. The number of likely N-dealkylation sites (tertiary alicyclic amines) is 1. The third-order valence-electron chi connectivity index (χ3n) is 26.0. The number of halogens is 2. The zero-order valence-corrected chi connectivity index (χ0v) is 108. The van der Waals surface area contributed by atoms with Crippen molar-refractivity contribution in [3.63, 3.8) is 0 Å². The molecule has 5 unspecified atom stereocenters. The molecule has 5 saturated heterocycles. The van der Waals surface area contributed by atoms with Crippen molar-refractivity contribution in [3.8, 4) is 0 Å². The highest BCUT2D eigenvalue weighted by Gasteiger charge is 2.37. The van der Waals surface area contributed by atoms with E-state index < -0.39 is 5.92 Å². The third-order valence-corrected chi connectivity index (χ3v) is 26.0. The number of aliphatic hydroxyl groups is 2. The Labute approximate surface area is 894 Å². The highest BCUT2D eigenvalue weighted by atomic mass is 19.3. The molecule has 13 nitrogen and oxygen atoms in total. The summed E-state index contributed by atoms with van der Waals surface area (Å²) in [6.07, 6.45) is 36.1. The van der Waals surface area contributed by atoms with Gasteiger partial charge >= 0.3 is 0 Å². The van der Waals surface area contributed by atoms with Crippen molar-refractivity contribution in [2.24, 2.45) is 106 Å². The Morgan fingerprint density at radius 2 is 0.718 bits per heavy atom. The molecular formula is C127H270F2N4O9. The Balaban J connectivity index is -0.000000277. The number of ether oxygens (including phenoxy) is 7. The Kier molecular flexibility index (Phi) is 84.3. The van der Waals surface area contributed by atoms with E-state index in [-0.39, 0.29) is 24.5 Å². The van der Waals surface area contributed by atoms with E-state index in [0.717, 1.165) is 166 Å². The number of methoxy groups -OCH3 is 3. The largest absolute Gasteiger partial charge is 0.395 e. The number of nitrogens with zero attached hydrogens (tertiary/aromatic N) is 4. The minimum absolute atomic E-state index is 0.00854. The highest BCUT2D eigenvalue weighted by Crippen LogP contribution is 2.42. The monoisotopic (exact) mass is 2030 g/mol.